The van der Waals surface area contributed by atoms with E-state index in [1.165, 1.54) is 12.1 Å². The Morgan fingerprint density at radius 3 is 2.43 bits per heavy atom. The Morgan fingerprint density at radius 2 is 1.95 bits per heavy atom. The molecule has 0 saturated heterocycles. The van der Waals surface area contributed by atoms with Crippen molar-refractivity contribution in [3.8, 4) is 0 Å². The molecular weight excluding hydrogens is 273 g/mol. The minimum atomic E-state index is -0.889. The van der Waals surface area contributed by atoms with Gasteiger partial charge in [-0.1, -0.05) is 18.6 Å². The van der Waals surface area contributed by atoms with Gasteiger partial charge in [0, 0.05) is 6.42 Å². The summed E-state index contributed by atoms with van der Waals surface area (Å²) in [6.07, 6.45) is 3.52. The van der Waals surface area contributed by atoms with E-state index in [-0.39, 0.29) is 18.1 Å². The number of hydrogen-bond donors (Lipinski definition) is 2. The SMILES string of the molecule is O=C(CC1(C(=O)O)CCC1)NC1(c2cccc(F)c2)CC1. The van der Waals surface area contributed by atoms with Crippen LogP contribution < -0.4 is 5.32 Å². The first-order valence-corrected chi connectivity index (χ1v) is 7.26. The van der Waals surface area contributed by atoms with Crippen molar-refractivity contribution in [1.82, 2.24) is 5.32 Å². The quantitative estimate of drug-likeness (QED) is 0.876. The molecule has 1 amide bonds. The van der Waals surface area contributed by atoms with Crippen molar-refractivity contribution in [2.75, 3.05) is 0 Å². The smallest absolute Gasteiger partial charge is 0.310 e. The van der Waals surface area contributed by atoms with Crippen LogP contribution in [0.15, 0.2) is 24.3 Å². The summed E-state index contributed by atoms with van der Waals surface area (Å²) < 4.78 is 13.3. The molecule has 0 unspecified atom stereocenters. The molecule has 2 fully saturated rings. The van der Waals surface area contributed by atoms with Crippen molar-refractivity contribution < 1.29 is 19.1 Å². The molecule has 0 aliphatic heterocycles. The third-order valence-electron chi connectivity index (χ3n) is 4.77. The number of carbonyl (C=O) groups excluding carboxylic acids is 1. The average Bonchev–Trinajstić information content (AvgIpc) is 3.14. The third kappa shape index (κ3) is 2.52. The Hall–Kier alpha value is -1.91. The number of benzene rings is 1. The summed E-state index contributed by atoms with van der Waals surface area (Å²) in [5.41, 5.74) is -0.626. The third-order valence-corrected chi connectivity index (χ3v) is 4.77. The first kappa shape index (κ1) is 14.0. The molecule has 5 heteroatoms. The van der Waals surface area contributed by atoms with Crippen molar-refractivity contribution in [2.45, 2.75) is 44.1 Å². The lowest BCUT2D eigenvalue weighted by atomic mass is 9.66. The molecule has 2 N–H and O–H groups in total. The summed E-state index contributed by atoms with van der Waals surface area (Å²) in [5.74, 6) is -1.47. The number of aliphatic carboxylic acids is 1. The van der Waals surface area contributed by atoms with E-state index in [9.17, 15) is 19.1 Å². The second kappa shape index (κ2) is 4.83. The van der Waals surface area contributed by atoms with E-state index >= 15 is 0 Å². The maximum absolute atomic E-state index is 13.3. The fourth-order valence-electron chi connectivity index (χ4n) is 3.09. The van der Waals surface area contributed by atoms with Gasteiger partial charge in [0.25, 0.3) is 0 Å². The summed E-state index contributed by atoms with van der Waals surface area (Å²) in [4.78, 5) is 23.5. The molecule has 4 nitrogen and oxygen atoms in total. The Morgan fingerprint density at radius 1 is 1.24 bits per heavy atom. The highest BCUT2D eigenvalue weighted by Gasteiger charge is 2.49. The van der Waals surface area contributed by atoms with Crippen LogP contribution in [0.3, 0.4) is 0 Å². The van der Waals surface area contributed by atoms with Crippen LogP contribution in [0.2, 0.25) is 0 Å². The van der Waals surface area contributed by atoms with Crippen LogP contribution in [0.4, 0.5) is 4.39 Å². The van der Waals surface area contributed by atoms with E-state index < -0.39 is 16.9 Å². The number of carbonyl (C=O) groups is 2. The number of nitrogens with one attached hydrogen (secondary N) is 1. The van der Waals surface area contributed by atoms with Crippen molar-refractivity contribution >= 4 is 11.9 Å². The molecule has 1 aromatic rings. The molecule has 0 aromatic heterocycles. The molecular formula is C16H18FNO3. The Kier molecular flexibility index (Phi) is 3.23. The molecule has 3 rings (SSSR count). The highest BCUT2D eigenvalue weighted by atomic mass is 19.1. The van der Waals surface area contributed by atoms with Crippen molar-refractivity contribution in [3.05, 3.63) is 35.6 Å². The predicted molar refractivity (Wildman–Crippen MR) is 74.0 cm³/mol. The molecule has 0 radical (unpaired) electrons. The Bertz CT molecular complexity index is 591. The van der Waals surface area contributed by atoms with Gasteiger partial charge in [-0.2, -0.15) is 0 Å². The van der Waals surface area contributed by atoms with Crippen LogP contribution in [-0.4, -0.2) is 17.0 Å². The highest BCUT2D eigenvalue weighted by Crippen LogP contribution is 2.47. The zero-order valence-electron chi connectivity index (χ0n) is 11.7. The van der Waals surface area contributed by atoms with E-state index in [2.05, 4.69) is 5.32 Å². The lowest BCUT2D eigenvalue weighted by Gasteiger charge is -2.37. The standard InChI is InChI=1S/C16H18FNO3/c17-12-4-1-3-11(9-12)16(7-8-16)18-13(19)10-15(14(20)21)5-2-6-15/h1,3-4,9H,2,5-8,10H2,(H,18,19)(H,20,21). The Labute approximate surface area is 122 Å². The van der Waals surface area contributed by atoms with Gasteiger partial charge in [0.1, 0.15) is 5.82 Å². The van der Waals surface area contributed by atoms with Gasteiger partial charge < -0.3 is 10.4 Å². The predicted octanol–water partition coefficient (Wildman–Crippen LogP) is 2.58. The molecule has 112 valence electrons. The number of halogens is 1. The van der Waals surface area contributed by atoms with Gasteiger partial charge in [0.05, 0.1) is 11.0 Å². The average molecular weight is 291 g/mol. The summed E-state index contributed by atoms with van der Waals surface area (Å²) in [6, 6.07) is 6.23. The van der Waals surface area contributed by atoms with E-state index in [1.54, 1.807) is 12.1 Å². The molecule has 0 heterocycles. The zero-order chi connectivity index (χ0) is 15.1. The number of carboxylic acids is 1. The lowest BCUT2D eigenvalue weighted by Crippen LogP contribution is -2.44. The summed E-state index contributed by atoms with van der Waals surface area (Å²) in [6.45, 7) is 0. The van der Waals surface area contributed by atoms with E-state index in [0.29, 0.717) is 12.8 Å². The summed E-state index contributed by atoms with van der Waals surface area (Å²) in [7, 11) is 0. The van der Waals surface area contributed by atoms with Crippen LogP contribution in [0.25, 0.3) is 0 Å². The summed E-state index contributed by atoms with van der Waals surface area (Å²) in [5, 5.41) is 12.2. The second-order valence-corrected chi connectivity index (χ2v) is 6.26. The minimum Gasteiger partial charge on any atom is -0.481 e. The molecule has 0 spiro atoms. The van der Waals surface area contributed by atoms with Gasteiger partial charge >= 0.3 is 5.97 Å². The topological polar surface area (TPSA) is 66.4 Å². The molecule has 2 aliphatic carbocycles. The maximum Gasteiger partial charge on any atom is 0.310 e. The molecule has 1 aromatic carbocycles. The van der Waals surface area contributed by atoms with E-state index in [1.807, 2.05) is 0 Å². The van der Waals surface area contributed by atoms with E-state index in [0.717, 1.165) is 24.8 Å². The number of amides is 1. The minimum absolute atomic E-state index is 0.0133. The van der Waals surface area contributed by atoms with E-state index in [4.69, 9.17) is 0 Å². The van der Waals surface area contributed by atoms with Gasteiger partial charge in [-0.25, -0.2) is 4.39 Å². The van der Waals surface area contributed by atoms with Gasteiger partial charge in [-0.15, -0.1) is 0 Å². The largest absolute Gasteiger partial charge is 0.481 e. The van der Waals surface area contributed by atoms with Crippen molar-refractivity contribution in [2.24, 2.45) is 5.41 Å². The van der Waals surface area contributed by atoms with Crippen LogP contribution in [-0.2, 0) is 15.1 Å². The number of rotatable bonds is 5. The van der Waals surface area contributed by atoms with Gasteiger partial charge in [0.2, 0.25) is 5.91 Å². The number of carboxylic acid groups (broad SMARTS) is 1. The maximum atomic E-state index is 13.3. The fraction of sp³-hybridized carbons (Fsp3) is 0.500. The van der Waals surface area contributed by atoms with Gasteiger partial charge in [0.15, 0.2) is 0 Å². The van der Waals surface area contributed by atoms with Crippen LogP contribution in [0, 0.1) is 11.2 Å². The van der Waals surface area contributed by atoms with Gasteiger partial charge in [-0.05, 0) is 43.4 Å². The fourth-order valence-corrected chi connectivity index (χ4v) is 3.09. The highest BCUT2D eigenvalue weighted by molar-refractivity contribution is 5.86. The normalized spacial score (nSPS) is 21.2. The van der Waals surface area contributed by atoms with Crippen molar-refractivity contribution in [3.63, 3.8) is 0 Å². The Balaban J connectivity index is 1.69. The first-order valence-electron chi connectivity index (χ1n) is 7.26. The monoisotopic (exact) mass is 291 g/mol. The van der Waals surface area contributed by atoms with Crippen LogP contribution in [0.1, 0.15) is 44.1 Å². The van der Waals surface area contributed by atoms with Crippen LogP contribution >= 0.6 is 0 Å². The molecule has 0 atom stereocenters. The summed E-state index contributed by atoms with van der Waals surface area (Å²) >= 11 is 0. The lowest BCUT2D eigenvalue weighted by molar-refractivity contribution is -0.157. The molecule has 0 bridgehead atoms. The van der Waals surface area contributed by atoms with Crippen LogP contribution in [0.5, 0.6) is 0 Å². The number of hydrogen-bond acceptors (Lipinski definition) is 2. The molecule has 2 aliphatic rings. The first-order chi connectivity index (χ1) is 9.96. The molecule has 21 heavy (non-hydrogen) atoms. The second-order valence-electron chi connectivity index (χ2n) is 6.26. The van der Waals surface area contributed by atoms with Gasteiger partial charge in [-0.3, -0.25) is 9.59 Å². The molecule has 2 saturated carbocycles. The van der Waals surface area contributed by atoms with Crippen molar-refractivity contribution in [1.29, 1.82) is 0 Å². The zero-order valence-corrected chi connectivity index (χ0v) is 11.7.